The first-order chi connectivity index (χ1) is 11.4. The van der Waals surface area contributed by atoms with Crippen LogP contribution in [0.5, 0.6) is 0 Å². The van der Waals surface area contributed by atoms with Crippen molar-refractivity contribution < 1.29 is 18.0 Å². The van der Waals surface area contributed by atoms with Gasteiger partial charge in [-0.15, -0.1) is 0 Å². The van der Waals surface area contributed by atoms with Gasteiger partial charge in [0, 0.05) is 18.8 Å². The molecule has 1 fully saturated rings. The number of pyridine rings is 1. The standard InChI is InChI=1S/C14H13ClF3N5O/c15-10-2-1-4-20-12(10)23-11(14(16,17)18)9(7-21-23)13(24)22-8-3-5-19-6-8/h1-2,4,7-8,19H,3,5-6H2,(H,22,24). The number of nitrogens with one attached hydrogen (secondary N) is 2. The van der Waals surface area contributed by atoms with Crippen molar-refractivity contribution in [2.45, 2.75) is 18.6 Å². The Bertz CT molecular complexity index is 755. The molecule has 0 radical (unpaired) electrons. The van der Waals surface area contributed by atoms with Crippen LogP contribution in [0.2, 0.25) is 5.02 Å². The van der Waals surface area contributed by atoms with Gasteiger partial charge in [-0.3, -0.25) is 4.79 Å². The summed E-state index contributed by atoms with van der Waals surface area (Å²) in [5, 5.41) is 9.29. The average Bonchev–Trinajstić information content (AvgIpc) is 3.15. The third kappa shape index (κ3) is 3.22. The first kappa shape index (κ1) is 16.7. The van der Waals surface area contributed by atoms with E-state index in [1.807, 2.05) is 0 Å². The van der Waals surface area contributed by atoms with Gasteiger partial charge in [-0.25, -0.2) is 9.67 Å². The molecule has 10 heteroatoms. The summed E-state index contributed by atoms with van der Waals surface area (Å²) < 4.78 is 41.1. The van der Waals surface area contributed by atoms with E-state index in [9.17, 15) is 18.0 Å². The van der Waals surface area contributed by atoms with E-state index < -0.39 is 23.3 Å². The molecule has 0 aliphatic carbocycles. The third-order valence-corrected chi connectivity index (χ3v) is 3.91. The molecule has 3 rings (SSSR count). The van der Waals surface area contributed by atoms with Crippen LogP contribution in [0.1, 0.15) is 22.5 Å². The van der Waals surface area contributed by atoms with Crippen LogP contribution >= 0.6 is 11.6 Å². The lowest BCUT2D eigenvalue weighted by atomic mass is 10.2. The van der Waals surface area contributed by atoms with Gasteiger partial charge in [0.1, 0.15) is 0 Å². The summed E-state index contributed by atoms with van der Waals surface area (Å²) in [7, 11) is 0. The number of aromatic nitrogens is 3. The van der Waals surface area contributed by atoms with Gasteiger partial charge in [-0.1, -0.05) is 11.6 Å². The van der Waals surface area contributed by atoms with E-state index in [1.165, 1.54) is 18.3 Å². The zero-order valence-electron chi connectivity index (χ0n) is 12.3. The largest absolute Gasteiger partial charge is 0.434 e. The normalized spacial score (nSPS) is 17.9. The Balaban J connectivity index is 2.01. The van der Waals surface area contributed by atoms with Gasteiger partial charge in [-0.05, 0) is 25.1 Å². The van der Waals surface area contributed by atoms with E-state index in [4.69, 9.17) is 11.6 Å². The van der Waals surface area contributed by atoms with Crippen molar-refractivity contribution in [1.29, 1.82) is 0 Å². The second-order valence-corrected chi connectivity index (χ2v) is 5.70. The number of amides is 1. The van der Waals surface area contributed by atoms with Gasteiger partial charge in [0.15, 0.2) is 11.5 Å². The molecule has 0 saturated carbocycles. The number of carbonyl (C=O) groups excluding carboxylic acids is 1. The van der Waals surface area contributed by atoms with Crippen LogP contribution in [0.15, 0.2) is 24.5 Å². The molecule has 2 N–H and O–H groups in total. The molecule has 1 amide bonds. The van der Waals surface area contributed by atoms with Crippen molar-refractivity contribution in [2.75, 3.05) is 13.1 Å². The summed E-state index contributed by atoms with van der Waals surface area (Å²) >= 11 is 5.91. The maximum absolute atomic E-state index is 13.5. The fraction of sp³-hybridized carbons (Fsp3) is 0.357. The SMILES string of the molecule is O=C(NC1CCNC1)c1cnn(-c2ncccc2Cl)c1C(F)(F)F. The topological polar surface area (TPSA) is 71.8 Å². The molecule has 3 heterocycles. The van der Waals surface area contributed by atoms with E-state index in [0.717, 1.165) is 6.20 Å². The monoisotopic (exact) mass is 359 g/mol. The van der Waals surface area contributed by atoms with E-state index in [0.29, 0.717) is 24.2 Å². The van der Waals surface area contributed by atoms with Crippen molar-refractivity contribution >= 4 is 17.5 Å². The van der Waals surface area contributed by atoms with Crippen molar-refractivity contribution in [3.8, 4) is 5.82 Å². The molecule has 0 bridgehead atoms. The molecule has 1 aliphatic heterocycles. The third-order valence-electron chi connectivity index (χ3n) is 3.62. The van der Waals surface area contributed by atoms with Gasteiger partial charge < -0.3 is 10.6 Å². The van der Waals surface area contributed by atoms with Crippen LogP contribution in [0, 0.1) is 0 Å². The smallest absolute Gasteiger partial charge is 0.348 e. The lowest BCUT2D eigenvalue weighted by molar-refractivity contribution is -0.143. The van der Waals surface area contributed by atoms with E-state index in [2.05, 4.69) is 20.7 Å². The van der Waals surface area contributed by atoms with E-state index in [1.54, 1.807) is 0 Å². The Morgan fingerprint density at radius 1 is 1.46 bits per heavy atom. The zero-order valence-corrected chi connectivity index (χ0v) is 13.0. The first-order valence-electron chi connectivity index (χ1n) is 7.15. The Kier molecular flexibility index (Phi) is 4.46. The lowest BCUT2D eigenvalue weighted by Crippen LogP contribution is -2.37. The Morgan fingerprint density at radius 3 is 2.88 bits per heavy atom. The summed E-state index contributed by atoms with van der Waals surface area (Å²) in [5.74, 6) is -1.01. The van der Waals surface area contributed by atoms with Crippen LogP contribution in [0.3, 0.4) is 0 Å². The average molecular weight is 360 g/mol. The number of hydrogen-bond donors (Lipinski definition) is 2. The minimum atomic E-state index is -4.79. The Labute approximate surface area is 140 Å². The zero-order chi connectivity index (χ0) is 17.3. The van der Waals surface area contributed by atoms with Gasteiger partial charge in [-0.2, -0.15) is 18.3 Å². The van der Waals surface area contributed by atoms with Gasteiger partial charge >= 0.3 is 6.18 Å². The molecular weight excluding hydrogens is 347 g/mol. The number of carbonyl (C=O) groups is 1. The summed E-state index contributed by atoms with van der Waals surface area (Å²) in [6.07, 6.45) is -1.95. The molecule has 128 valence electrons. The number of alkyl halides is 3. The molecule has 0 aromatic carbocycles. The number of rotatable bonds is 3. The van der Waals surface area contributed by atoms with Crippen molar-refractivity contribution in [2.24, 2.45) is 0 Å². The first-order valence-corrected chi connectivity index (χ1v) is 7.53. The second kappa shape index (κ2) is 6.40. The van der Waals surface area contributed by atoms with Gasteiger partial charge in [0.25, 0.3) is 5.91 Å². The molecule has 2 aromatic heterocycles. The van der Waals surface area contributed by atoms with Crippen LogP contribution in [0.4, 0.5) is 13.2 Å². The molecule has 0 spiro atoms. The highest BCUT2D eigenvalue weighted by molar-refractivity contribution is 6.32. The van der Waals surface area contributed by atoms with Crippen molar-refractivity contribution in [3.63, 3.8) is 0 Å². The Morgan fingerprint density at radius 2 is 2.25 bits per heavy atom. The summed E-state index contributed by atoms with van der Waals surface area (Å²) in [5.41, 5.74) is -1.76. The van der Waals surface area contributed by atoms with Crippen LogP contribution in [0.25, 0.3) is 5.82 Å². The fourth-order valence-corrected chi connectivity index (χ4v) is 2.72. The molecule has 1 atom stereocenters. The molecule has 2 aromatic rings. The van der Waals surface area contributed by atoms with E-state index >= 15 is 0 Å². The van der Waals surface area contributed by atoms with Gasteiger partial charge in [0.2, 0.25) is 0 Å². The van der Waals surface area contributed by atoms with Crippen molar-refractivity contribution in [1.82, 2.24) is 25.4 Å². The second-order valence-electron chi connectivity index (χ2n) is 5.29. The summed E-state index contributed by atoms with van der Waals surface area (Å²) in [4.78, 5) is 16.1. The lowest BCUT2D eigenvalue weighted by Gasteiger charge is -2.14. The Hall–Kier alpha value is -2.13. The fourth-order valence-electron chi connectivity index (χ4n) is 2.52. The van der Waals surface area contributed by atoms with Crippen LogP contribution < -0.4 is 10.6 Å². The number of halogens is 4. The van der Waals surface area contributed by atoms with Crippen LogP contribution in [-0.4, -0.2) is 39.8 Å². The summed E-state index contributed by atoms with van der Waals surface area (Å²) in [6.45, 7) is 1.23. The van der Waals surface area contributed by atoms with E-state index in [-0.39, 0.29) is 16.9 Å². The maximum atomic E-state index is 13.5. The molecule has 1 aliphatic rings. The summed E-state index contributed by atoms with van der Waals surface area (Å²) in [6, 6.07) is 2.68. The maximum Gasteiger partial charge on any atom is 0.434 e. The highest BCUT2D eigenvalue weighted by Gasteiger charge is 2.41. The molecule has 6 nitrogen and oxygen atoms in total. The number of nitrogens with zero attached hydrogens (tertiary/aromatic N) is 3. The highest BCUT2D eigenvalue weighted by atomic mass is 35.5. The highest BCUT2D eigenvalue weighted by Crippen LogP contribution is 2.34. The number of hydrogen-bond acceptors (Lipinski definition) is 4. The predicted molar refractivity (Wildman–Crippen MR) is 80.1 cm³/mol. The molecular formula is C14H13ClF3N5O. The minimum Gasteiger partial charge on any atom is -0.348 e. The van der Waals surface area contributed by atoms with Gasteiger partial charge in [0.05, 0.1) is 16.8 Å². The predicted octanol–water partition coefficient (Wildman–Crippen LogP) is 2.03. The van der Waals surface area contributed by atoms with Crippen molar-refractivity contribution in [3.05, 3.63) is 40.8 Å². The minimum absolute atomic E-state index is 0.00180. The quantitative estimate of drug-likeness (QED) is 0.879. The van der Waals surface area contributed by atoms with Crippen LogP contribution in [-0.2, 0) is 6.18 Å². The molecule has 24 heavy (non-hydrogen) atoms. The molecule has 1 unspecified atom stereocenters. The molecule has 1 saturated heterocycles.